The minimum Gasteiger partial charge on any atom is -0.325 e. The summed E-state index contributed by atoms with van der Waals surface area (Å²) in [6, 6.07) is 7.82. The number of nitrogens with one attached hydrogen (secondary N) is 1. The van der Waals surface area contributed by atoms with Gasteiger partial charge in [-0.2, -0.15) is 17.0 Å². The van der Waals surface area contributed by atoms with E-state index >= 15 is 0 Å². The number of hydrogen-bond donors (Lipinski definition) is 1. The first-order chi connectivity index (χ1) is 13.4. The van der Waals surface area contributed by atoms with Crippen molar-refractivity contribution in [1.29, 1.82) is 0 Å². The number of aryl methyl sites for hydroxylation is 1. The van der Waals surface area contributed by atoms with Crippen molar-refractivity contribution in [1.82, 2.24) is 13.5 Å². The van der Waals surface area contributed by atoms with E-state index in [1.54, 1.807) is 8.61 Å². The molecule has 1 N–H and O–H groups in total. The van der Waals surface area contributed by atoms with E-state index in [4.69, 9.17) is 0 Å². The molecule has 3 rings (SSSR count). The molecular weight excluding hydrogens is 376 g/mol. The highest BCUT2D eigenvalue weighted by atomic mass is 32.2. The van der Waals surface area contributed by atoms with Crippen LogP contribution in [0.25, 0.3) is 0 Å². The number of piperazine rings is 1. The lowest BCUT2D eigenvalue weighted by Gasteiger charge is -2.38. The Morgan fingerprint density at radius 1 is 1.04 bits per heavy atom. The fourth-order valence-electron chi connectivity index (χ4n) is 3.84. The predicted octanol–water partition coefficient (Wildman–Crippen LogP) is 1.78. The number of piperidine rings is 1. The van der Waals surface area contributed by atoms with Crippen LogP contribution in [-0.2, 0) is 21.4 Å². The van der Waals surface area contributed by atoms with Gasteiger partial charge in [0, 0.05) is 45.0 Å². The molecule has 8 heteroatoms. The van der Waals surface area contributed by atoms with Crippen LogP contribution in [0.4, 0.5) is 5.69 Å². The summed E-state index contributed by atoms with van der Waals surface area (Å²) >= 11 is 0. The van der Waals surface area contributed by atoms with E-state index in [-0.39, 0.29) is 12.5 Å². The van der Waals surface area contributed by atoms with Gasteiger partial charge in [0.2, 0.25) is 5.91 Å². The maximum absolute atomic E-state index is 12.8. The fourth-order valence-corrected chi connectivity index (χ4v) is 5.46. The fraction of sp³-hybridized carbons (Fsp3) is 0.650. The highest BCUT2D eigenvalue weighted by Crippen LogP contribution is 2.21. The zero-order valence-electron chi connectivity index (χ0n) is 16.9. The van der Waals surface area contributed by atoms with Crippen molar-refractivity contribution in [3.63, 3.8) is 0 Å². The molecule has 2 saturated heterocycles. The zero-order chi connectivity index (χ0) is 20.1. The molecule has 0 aromatic heterocycles. The smallest absolute Gasteiger partial charge is 0.282 e. The van der Waals surface area contributed by atoms with Gasteiger partial charge < -0.3 is 5.32 Å². The minimum atomic E-state index is -3.38. The number of rotatable bonds is 6. The first-order valence-electron chi connectivity index (χ1n) is 10.3. The van der Waals surface area contributed by atoms with Crippen LogP contribution in [-0.4, -0.2) is 73.6 Å². The SMILES string of the molecule is CCc1ccccc1NC(=O)CN1CCN(S(=O)(=O)N2CCC(C)CC2)CC1. The van der Waals surface area contributed by atoms with Crippen LogP contribution < -0.4 is 5.32 Å². The van der Waals surface area contributed by atoms with Crippen LogP contribution in [0.5, 0.6) is 0 Å². The van der Waals surface area contributed by atoms with Gasteiger partial charge in [0.1, 0.15) is 0 Å². The molecule has 2 aliphatic heterocycles. The van der Waals surface area contributed by atoms with Crippen LogP contribution in [0.15, 0.2) is 24.3 Å². The number of carbonyl (C=O) groups excluding carboxylic acids is 1. The monoisotopic (exact) mass is 408 g/mol. The molecule has 156 valence electrons. The molecule has 28 heavy (non-hydrogen) atoms. The van der Waals surface area contributed by atoms with Crippen LogP contribution in [0.1, 0.15) is 32.3 Å². The topological polar surface area (TPSA) is 73.0 Å². The number of amides is 1. The molecular formula is C20H32N4O3S. The van der Waals surface area contributed by atoms with E-state index < -0.39 is 10.2 Å². The number of carbonyl (C=O) groups is 1. The molecule has 0 spiro atoms. The average molecular weight is 409 g/mol. The van der Waals surface area contributed by atoms with Crippen molar-refractivity contribution in [2.24, 2.45) is 5.92 Å². The van der Waals surface area contributed by atoms with E-state index in [9.17, 15) is 13.2 Å². The van der Waals surface area contributed by atoms with E-state index in [1.165, 1.54) is 0 Å². The summed E-state index contributed by atoms with van der Waals surface area (Å²) < 4.78 is 28.9. The van der Waals surface area contributed by atoms with Gasteiger partial charge in [-0.15, -0.1) is 0 Å². The summed E-state index contributed by atoms with van der Waals surface area (Å²) in [5, 5.41) is 2.99. The van der Waals surface area contributed by atoms with Crippen LogP contribution in [0.2, 0.25) is 0 Å². The summed E-state index contributed by atoms with van der Waals surface area (Å²) in [6.45, 7) is 7.78. The molecule has 2 fully saturated rings. The minimum absolute atomic E-state index is 0.0535. The highest BCUT2D eigenvalue weighted by Gasteiger charge is 2.34. The second-order valence-corrected chi connectivity index (χ2v) is 9.75. The van der Waals surface area contributed by atoms with Crippen molar-refractivity contribution in [3.05, 3.63) is 29.8 Å². The maximum atomic E-state index is 12.8. The number of nitrogens with zero attached hydrogens (tertiary/aromatic N) is 3. The largest absolute Gasteiger partial charge is 0.325 e. The number of benzene rings is 1. The molecule has 1 aromatic rings. The molecule has 0 unspecified atom stereocenters. The van der Waals surface area contributed by atoms with Crippen molar-refractivity contribution in [2.75, 3.05) is 51.1 Å². The third-order valence-electron chi connectivity index (χ3n) is 5.77. The lowest BCUT2D eigenvalue weighted by Crippen LogP contribution is -2.55. The average Bonchev–Trinajstić information content (AvgIpc) is 2.69. The zero-order valence-corrected chi connectivity index (χ0v) is 17.7. The first kappa shape index (κ1) is 21.2. The summed E-state index contributed by atoms with van der Waals surface area (Å²) in [5.74, 6) is 0.543. The standard InChI is InChI=1S/C20H32N4O3S/c1-3-18-6-4-5-7-19(18)21-20(25)16-22-12-14-24(15-13-22)28(26,27)23-10-8-17(2)9-11-23/h4-7,17H,3,8-16H2,1-2H3,(H,21,25). The summed E-state index contributed by atoms with van der Waals surface area (Å²) in [4.78, 5) is 14.4. The Kier molecular flexibility index (Phi) is 7.09. The van der Waals surface area contributed by atoms with Gasteiger partial charge in [0.15, 0.2) is 0 Å². The van der Waals surface area contributed by atoms with Gasteiger partial charge >= 0.3 is 0 Å². The molecule has 1 aromatic carbocycles. The quantitative estimate of drug-likeness (QED) is 0.779. The van der Waals surface area contributed by atoms with Crippen LogP contribution in [0.3, 0.4) is 0 Å². The Labute approximate surface area is 168 Å². The Bertz CT molecular complexity index is 767. The molecule has 2 aliphatic rings. The summed E-state index contributed by atoms with van der Waals surface area (Å²) in [7, 11) is -3.38. The maximum Gasteiger partial charge on any atom is 0.282 e. The Balaban J connectivity index is 1.49. The Morgan fingerprint density at radius 2 is 1.64 bits per heavy atom. The lowest BCUT2D eigenvalue weighted by molar-refractivity contribution is -0.117. The molecule has 0 bridgehead atoms. The van der Waals surface area contributed by atoms with E-state index in [0.29, 0.717) is 45.2 Å². The molecule has 0 atom stereocenters. The van der Waals surface area contributed by atoms with Crippen molar-refractivity contribution < 1.29 is 13.2 Å². The van der Waals surface area contributed by atoms with Gasteiger partial charge in [-0.05, 0) is 36.8 Å². The van der Waals surface area contributed by atoms with Crippen molar-refractivity contribution in [2.45, 2.75) is 33.1 Å². The molecule has 0 aliphatic carbocycles. The number of para-hydroxylation sites is 1. The normalized spacial score (nSPS) is 20.9. The van der Waals surface area contributed by atoms with E-state index in [0.717, 1.165) is 30.5 Å². The summed E-state index contributed by atoms with van der Waals surface area (Å²) in [6.07, 6.45) is 2.72. The lowest BCUT2D eigenvalue weighted by atomic mass is 10.0. The van der Waals surface area contributed by atoms with Crippen LogP contribution in [0, 0.1) is 5.92 Å². The predicted molar refractivity (Wildman–Crippen MR) is 111 cm³/mol. The van der Waals surface area contributed by atoms with E-state index in [2.05, 4.69) is 19.2 Å². The van der Waals surface area contributed by atoms with Gasteiger partial charge in [-0.25, -0.2) is 0 Å². The third-order valence-corrected chi connectivity index (χ3v) is 7.80. The van der Waals surface area contributed by atoms with E-state index in [1.807, 2.05) is 29.2 Å². The molecule has 1 amide bonds. The molecule has 0 radical (unpaired) electrons. The van der Waals surface area contributed by atoms with Gasteiger partial charge in [0.05, 0.1) is 6.54 Å². The second-order valence-electron chi connectivity index (χ2n) is 7.82. The summed E-state index contributed by atoms with van der Waals surface area (Å²) in [5.41, 5.74) is 1.97. The molecule has 2 heterocycles. The van der Waals surface area contributed by atoms with Gasteiger partial charge in [-0.1, -0.05) is 32.0 Å². The second kappa shape index (κ2) is 9.35. The third kappa shape index (κ3) is 5.11. The van der Waals surface area contributed by atoms with Crippen LogP contribution >= 0.6 is 0 Å². The van der Waals surface area contributed by atoms with Crippen molar-refractivity contribution in [3.8, 4) is 0 Å². The van der Waals surface area contributed by atoms with Gasteiger partial charge in [-0.3, -0.25) is 9.69 Å². The number of anilines is 1. The Morgan fingerprint density at radius 3 is 2.29 bits per heavy atom. The Hall–Kier alpha value is -1.48. The van der Waals surface area contributed by atoms with Crippen molar-refractivity contribution >= 4 is 21.8 Å². The highest BCUT2D eigenvalue weighted by molar-refractivity contribution is 7.86. The molecule has 7 nitrogen and oxygen atoms in total. The number of hydrogen-bond acceptors (Lipinski definition) is 4. The van der Waals surface area contributed by atoms with Gasteiger partial charge in [0.25, 0.3) is 10.2 Å². The molecule has 0 saturated carbocycles. The first-order valence-corrected chi connectivity index (χ1v) is 11.6.